The van der Waals surface area contributed by atoms with Gasteiger partial charge in [0.2, 0.25) is 0 Å². The molecule has 5 heteroatoms. The van der Waals surface area contributed by atoms with Crippen molar-refractivity contribution in [2.45, 2.75) is 19.3 Å². The number of rotatable bonds is 4. The molecule has 2 aromatic rings. The van der Waals surface area contributed by atoms with Crippen LogP contribution in [0.25, 0.3) is 0 Å². The van der Waals surface area contributed by atoms with Crippen LogP contribution in [0.4, 0.5) is 17.3 Å². The average Bonchev–Trinajstić information content (AvgIpc) is 2.85. The van der Waals surface area contributed by atoms with Gasteiger partial charge in [-0.15, -0.1) is 11.3 Å². The van der Waals surface area contributed by atoms with Crippen LogP contribution >= 0.6 is 11.3 Å². The molecule has 0 fully saturated rings. The van der Waals surface area contributed by atoms with E-state index < -0.39 is 0 Å². The lowest BCUT2D eigenvalue weighted by Gasteiger charge is -2.24. The van der Waals surface area contributed by atoms with Crippen molar-refractivity contribution in [3.05, 3.63) is 34.5 Å². The van der Waals surface area contributed by atoms with E-state index in [1.54, 1.807) is 17.4 Å². The summed E-state index contributed by atoms with van der Waals surface area (Å²) in [7, 11) is 0. The molecule has 4 nitrogen and oxygen atoms in total. The van der Waals surface area contributed by atoms with E-state index in [0.717, 1.165) is 12.4 Å². The van der Waals surface area contributed by atoms with Gasteiger partial charge in [-0.1, -0.05) is 19.9 Å². The molecule has 0 aliphatic rings. The summed E-state index contributed by atoms with van der Waals surface area (Å²) < 4.78 is 0. The van der Waals surface area contributed by atoms with Crippen LogP contribution in [0.5, 0.6) is 0 Å². The van der Waals surface area contributed by atoms with Crippen LogP contribution in [0.15, 0.2) is 29.6 Å². The summed E-state index contributed by atoms with van der Waals surface area (Å²) in [4.78, 5) is 5.55. The molecule has 0 spiro atoms. The molecule has 2 aromatic heterocycles. The molecule has 0 unspecified atom stereocenters. The van der Waals surface area contributed by atoms with Gasteiger partial charge < -0.3 is 16.8 Å². The zero-order chi connectivity index (χ0) is 13.2. The van der Waals surface area contributed by atoms with E-state index in [2.05, 4.69) is 41.7 Å². The molecule has 0 atom stereocenters. The maximum atomic E-state index is 5.68. The maximum absolute atomic E-state index is 5.68. The second-order valence-electron chi connectivity index (χ2n) is 4.89. The van der Waals surface area contributed by atoms with Crippen LogP contribution < -0.4 is 16.8 Å². The second kappa shape index (κ2) is 4.86. The van der Waals surface area contributed by atoms with Gasteiger partial charge >= 0.3 is 0 Å². The largest absolute Gasteiger partial charge is 0.396 e. The Kier molecular flexibility index (Phi) is 3.43. The van der Waals surface area contributed by atoms with E-state index in [1.807, 2.05) is 6.07 Å². The van der Waals surface area contributed by atoms with Crippen LogP contribution in [-0.2, 0) is 5.41 Å². The summed E-state index contributed by atoms with van der Waals surface area (Å²) >= 11 is 1.77. The van der Waals surface area contributed by atoms with Crippen molar-refractivity contribution in [1.82, 2.24) is 4.98 Å². The highest BCUT2D eigenvalue weighted by Crippen LogP contribution is 2.27. The van der Waals surface area contributed by atoms with Crippen molar-refractivity contribution in [1.29, 1.82) is 0 Å². The van der Waals surface area contributed by atoms with Gasteiger partial charge in [0.1, 0.15) is 11.6 Å². The minimum absolute atomic E-state index is 0.0615. The summed E-state index contributed by atoms with van der Waals surface area (Å²) in [6.07, 6.45) is 0. The van der Waals surface area contributed by atoms with Crippen LogP contribution in [0.1, 0.15) is 18.7 Å². The third-order valence-electron chi connectivity index (χ3n) is 2.86. The summed E-state index contributed by atoms with van der Waals surface area (Å²) in [5.41, 5.74) is 11.9. The Bertz CT molecular complexity index is 520. The number of hydrogen-bond donors (Lipinski definition) is 3. The highest BCUT2D eigenvalue weighted by molar-refractivity contribution is 7.10. The molecule has 0 saturated carbocycles. The van der Waals surface area contributed by atoms with Crippen LogP contribution in [-0.4, -0.2) is 11.5 Å². The molecule has 0 bridgehead atoms. The normalized spacial score (nSPS) is 11.4. The lowest BCUT2D eigenvalue weighted by atomic mass is 9.91. The summed E-state index contributed by atoms with van der Waals surface area (Å²) in [5, 5.41) is 5.40. The molecule has 5 N–H and O–H groups in total. The summed E-state index contributed by atoms with van der Waals surface area (Å²) in [6.45, 7) is 5.20. The molecule has 0 aliphatic heterocycles. The van der Waals surface area contributed by atoms with Gasteiger partial charge in [0, 0.05) is 16.8 Å². The number of aromatic nitrogens is 1. The van der Waals surface area contributed by atoms with Gasteiger partial charge in [0.25, 0.3) is 0 Å². The average molecular weight is 262 g/mol. The number of thiophene rings is 1. The molecule has 0 saturated heterocycles. The minimum Gasteiger partial charge on any atom is -0.396 e. The molecule has 18 heavy (non-hydrogen) atoms. The molecular weight excluding hydrogens is 244 g/mol. The Hall–Kier alpha value is -1.75. The fourth-order valence-corrected chi connectivity index (χ4v) is 2.50. The minimum atomic E-state index is 0.0615. The lowest BCUT2D eigenvalue weighted by molar-refractivity contribution is 0.568. The van der Waals surface area contributed by atoms with E-state index in [4.69, 9.17) is 11.5 Å². The van der Waals surface area contributed by atoms with Gasteiger partial charge in [-0.3, -0.25) is 0 Å². The van der Waals surface area contributed by atoms with Crippen molar-refractivity contribution in [3.63, 3.8) is 0 Å². The van der Waals surface area contributed by atoms with Crippen LogP contribution in [0.2, 0.25) is 0 Å². The van der Waals surface area contributed by atoms with Crippen molar-refractivity contribution >= 4 is 28.7 Å². The smallest absolute Gasteiger partial charge is 0.149 e. The highest BCUT2D eigenvalue weighted by Gasteiger charge is 2.21. The number of nitrogen functional groups attached to an aromatic ring is 2. The number of nitrogens with two attached hydrogens (primary N) is 2. The second-order valence-corrected chi connectivity index (χ2v) is 5.83. The predicted octanol–water partition coefficient (Wildman–Crippen LogP) is 2.70. The molecule has 0 amide bonds. The highest BCUT2D eigenvalue weighted by atomic mass is 32.1. The molecule has 0 aromatic carbocycles. The summed E-state index contributed by atoms with van der Waals surface area (Å²) in [6, 6.07) is 7.83. The number of anilines is 3. The van der Waals surface area contributed by atoms with Gasteiger partial charge in [0.15, 0.2) is 0 Å². The third-order valence-corrected chi connectivity index (χ3v) is 4.09. The van der Waals surface area contributed by atoms with E-state index in [-0.39, 0.29) is 5.41 Å². The van der Waals surface area contributed by atoms with Gasteiger partial charge in [-0.25, -0.2) is 4.98 Å². The Morgan fingerprint density at radius 1 is 1.28 bits per heavy atom. The first-order valence-corrected chi connectivity index (χ1v) is 6.67. The third kappa shape index (κ3) is 2.73. The number of hydrogen-bond acceptors (Lipinski definition) is 5. The summed E-state index contributed by atoms with van der Waals surface area (Å²) in [5.74, 6) is 1.13. The SMILES string of the molecule is CC(C)(CNc1ccc(N)c(N)n1)c1cccs1. The quantitative estimate of drug-likeness (QED) is 0.791. The van der Waals surface area contributed by atoms with Crippen LogP contribution in [0.3, 0.4) is 0 Å². The molecule has 0 radical (unpaired) electrons. The fourth-order valence-electron chi connectivity index (χ4n) is 1.65. The van der Waals surface area contributed by atoms with Crippen molar-refractivity contribution in [2.75, 3.05) is 23.3 Å². The van der Waals surface area contributed by atoms with E-state index in [1.165, 1.54) is 4.88 Å². The zero-order valence-electron chi connectivity index (χ0n) is 10.6. The molecule has 2 rings (SSSR count). The molecule has 96 valence electrons. The van der Waals surface area contributed by atoms with Crippen molar-refractivity contribution in [3.8, 4) is 0 Å². The zero-order valence-corrected chi connectivity index (χ0v) is 11.4. The Morgan fingerprint density at radius 3 is 2.67 bits per heavy atom. The maximum Gasteiger partial charge on any atom is 0.149 e. The predicted molar refractivity (Wildman–Crippen MR) is 78.9 cm³/mol. The first-order chi connectivity index (χ1) is 8.49. The first kappa shape index (κ1) is 12.7. The van der Waals surface area contributed by atoms with E-state index in [0.29, 0.717) is 11.5 Å². The lowest BCUT2D eigenvalue weighted by Crippen LogP contribution is -2.26. The van der Waals surface area contributed by atoms with Crippen molar-refractivity contribution in [2.24, 2.45) is 0 Å². The van der Waals surface area contributed by atoms with Gasteiger partial charge in [-0.2, -0.15) is 0 Å². The van der Waals surface area contributed by atoms with Gasteiger partial charge in [0.05, 0.1) is 5.69 Å². The molecular formula is C13H18N4S. The molecule has 2 heterocycles. The first-order valence-electron chi connectivity index (χ1n) is 5.79. The van der Waals surface area contributed by atoms with Crippen molar-refractivity contribution < 1.29 is 0 Å². The standard InChI is InChI=1S/C13H18N4S/c1-13(2,10-4-3-7-18-10)8-16-11-6-5-9(14)12(15)17-11/h3-7H,8,14H2,1-2H3,(H3,15,16,17). The number of pyridine rings is 1. The number of nitrogens with zero attached hydrogens (tertiary/aromatic N) is 1. The van der Waals surface area contributed by atoms with Crippen LogP contribution in [0, 0.1) is 0 Å². The number of nitrogens with one attached hydrogen (secondary N) is 1. The van der Waals surface area contributed by atoms with E-state index >= 15 is 0 Å². The topological polar surface area (TPSA) is 77.0 Å². The fraction of sp³-hybridized carbons (Fsp3) is 0.308. The Labute approximate surface area is 111 Å². The molecule has 0 aliphatic carbocycles. The van der Waals surface area contributed by atoms with Gasteiger partial charge in [-0.05, 0) is 23.6 Å². The Balaban J connectivity index is 2.05. The monoisotopic (exact) mass is 262 g/mol. The Morgan fingerprint density at radius 2 is 2.06 bits per heavy atom. The van der Waals surface area contributed by atoms with E-state index in [9.17, 15) is 0 Å².